The smallest absolute Gasteiger partial charge is 0.240 e. The highest BCUT2D eigenvalue weighted by Crippen LogP contribution is 2.19. The first-order chi connectivity index (χ1) is 13.9. The van der Waals surface area contributed by atoms with E-state index in [1.54, 1.807) is 24.3 Å². The third kappa shape index (κ3) is 6.01. The lowest BCUT2D eigenvalue weighted by atomic mass is 10.0. The molecule has 0 saturated heterocycles. The summed E-state index contributed by atoms with van der Waals surface area (Å²) < 4.78 is 26.9. The van der Waals surface area contributed by atoms with Gasteiger partial charge in [0.1, 0.15) is 0 Å². The highest BCUT2D eigenvalue weighted by molar-refractivity contribution is 7.89. The van der Waals surface area contributed by atoms with E-state index in [-0.39, 0.29) is 30.3 Å². The van der Waals surface area contributed by atoms with E-state index in [1.807, 2.05) is 61.5 Å². The van der Waals surface area contributed by atoms with Gasteiger partial charge in [0.15, 0.2) is 0 Å². The van der Waals surface area contributed by atoms with Crippen LogP contribution in [0.1, 0.15) is 11.1 Å². The minimum Gasteiger partial charge on any atom is -0.355 e. The number of carbonyl (C=O) groups is 1. The van der Waals surface area contributed by atoms with Crippen molar-refractivity contribution in [1.82, 2.24) is 10.0 Å². The summed E-state index contributed by atoms with van der Waals surface area (Å²) in [7, 11) is -3.57. The van der Waals surface area contributed by atoms with Crippen LogP contribution in [0.3, 0.4) is 0 Å². The van der Waals surface area contributed by atoms with E-state index >= 15 is 0 Å². The van der Waals surface area contributed by atoms with Crippen LogP contribution in [0.15, 0.2) is 83.8 Å². The molecule has 0 aliphatic carbocycles. The Hall–Kier alpha value is -2.96. The molecule has 3 aromatic carbocycles. The Morgan fingerprint density at radius 1 is 0.793 bits per heavy atom. The highest BCUT2D eigenvalue weighted by Gasteiger charge is 2.13. The van der Waals surface area contributed by atoms with E-state index in [0.717, 1.165) is 22.3 Å². The molecule has 1 amide bonds. The van der Waals surface area contributed by atoms with E-state index in [2.05, 4.69) is 10.0 Å². The Morgan fingerprint density at radius 3 is 2.07 bits per heavy atom. The predicted molar refractivity (Wildman–Crippen MR) is 115 cm³/mol. The van der Waals surface area contributed by atoms with Crippen LogP contribution < -0.4 is 10.0 Å². The number of sulfonamides is 1. The zero-order valence-electron chi connectivity index (χ0n) is 16.3. The first-order valence-electron chi connectivity index (χ1n) is 9.41. The SMILES string of the molecule is Cc1ccc(S(=O)(=O)NCCNC(=O)Cc2ccc(-c3ccccc3)cc2)cc1. The summed E-state index contributed by atoms with van der Waals surface area (Å²) in [6.45, 7) is 2.26. The van der Waals surface area contributed by atoms with Crippen molar-refractivity contribution in [3.63, 3.8) is 0 Å². The lowest BCUT2D eigenvalue weighted by Crippen LogP contribution is -2.35. The Morgan fingerprint density at radius 2 is 1.41 bits per heavy atom. The van der Waals surface area contributed by atoms with Crippen LogP contribution in [0.2, 0.25) is 0 Å². The summed E-state index contributed by atoms with van der Waals surface area (Å²) in [5.41, 5.74) is 4.13. The maximum Gasteiger partial charge on any atom is 0.240 e. The number of hydrogen-bond acceptors (Lipinski definition) is 3. The van der Waals surface area contributed by atoms with Gasteiger partial charge >= 0.3 is 0 Å². The molecule has 0 aliphatic rings. The van der Waals surface area contributed by atoms with Crippen LogP contribution in [-0.2, 0) is 21.2 Å². The van der Waals surface area contributed by atoms with Crippen molar-refractivity contribution in [2.75, 3.05) is 13.1 Å². The minimum absolute atomic E-state index is 0.134. The molecule has 6 heteroatoms. The summed E-state index contributed by atoms with van der Waals surface area (Å²) in [5, 5.41) is 2.74. The third-order valence-corrected chi connectivity index (χ3v) is 5.97. The molecule has 0 spiro atoms. The molecule has 3 aromatic rings. The zero-order chi connectivity index (χ0) is 20.7. The normalized spacial score (nSPS) is 11.2. The predicted octanol–water partition coefficient (Wildman–Crippen LogP) is 3.30. The number of benzene rings is 3. The molecule has 0 bridgehead atoms. The maximum absolute atomic E-state index is 12.2. The average molecular weight is 409 g/mol. The average Bonchev–Trinajstić information content (AvgIpc) is 2.73. The van der Waals surface area contributed by atoms with E-state index in [0.29, 0.717) is 0 Å². The third-order valence-electron chi connectivity index (χ3n) is 4.50. The Balaban J connectivity index is 1.45. The lowest BCUT2D eigenvalue weighted by Gasteiger charge is -2.09. The lowest BCUT2D eigenvalue weighted by molar-refractivity contribution is -0.120. The molecule has 0 aliphatic heterocycles. The maximum atomic E-state index is 12.2. The second-order valence-corrected chi connectivity index (χ2v) is 8.57. The number of aryl methyl sites for hydroxylation is 1. The Labute approximate surface area is 171 Å². The van der Waals surface area contributed by atoms with E-state index in [9.17, 15) is 13.2 Å². The van der Waals surface area contributed by atoms with Crippen molar-refractivity contribution >= 4 is 15.9 Å². The highest BCUT2D eigenvalue weighted by atomic mass is 32.2. The molecular weight excluding hydrogens is 384 g/mol. The fraction of sp³-hybridized carbons (Fsp3) is 0.174. The molecule has 29 heavy (non-hydrogen) atoms. The van der Waals surface area contributed by atoms with Gasteiger partial charge in [0.05, 0.1) is 11.3 Å². The van der Waals surface area contributed by atoms with Crippen molar-refractivity contribution in [3.05, 3.63) is 90.0 Å². The van der Waals surface area contributed by atoms with Gasteiger partial charge in [-0.1, -0.05) is 72.3 Å². The van der Waals surface area contributed by atoms with Crippen LogP contribution in [0.5, 0.6) is 0 Å². The van der Waals surface area contributed by atoms with Crippen LogP contribution in [-0.4, -0.2) is 27.4 Å². The quantitative estimate of drug-likeness (QED) is 0.562. The molecule has 0 unspecified atom stereocenters. The molecule has 5 nitrogen and oxygen atoms in total. The molecule has 2 N–H and O–H groups in total. The molecule has 150 valence electrons. The van der Waals surface area contributed by atoms with E-state index in [1.165, 1.54) is 0 Å². The molecule has 0 aromatic heterocycles. The fourth-order valence-electron chi connectivity index (χ4n) is 2.88. The Kier molecular flexibility index (Phi) is 6.80. The first-order valence-corrected chi connectivity index (χ1v) is 10.9. The summed E-state index contributed by atoms with van der Waals surface area (Å²) in [5.74, 6) is -0.146. The minimum atomic E-state index is -3.57. The number of amides is 1. The van der Waals surface area contributed by atoms with Gasteiger partial charge in [-0.25, -0.2) is 13.1 Å². The van der Waals surface area contributed by atoms with Crippen LogP contribution >= 0.6 is 0 Å². The topological polar surface area (TPSA) is 75.3 Å². The molecule has 0 atom stereocenters. The van der Waals surface area contributed by atoms with Gasteiger partial charge in [-0.05, 0) is 35.7 Å². The van der Waals surface area contributed by atoms with Gasteiger partial charge in [0.25, 0.3) is 0 Å². The van der Waals surface area contributed by atoms with Gasteiger partial charge in [-0.15, -0.1) is 0 Å². The monoisotopic (exact) mass is 408 g/mol. The molecular formula is C23H24N2O3S. The largest absolute Gasteiger partial charge is 0.355 e. The number of hydrogen-bond donors (Lipinski definition) is 2. The standard InChI is InChI=1S/C23H24N2O3S/c1-18-7-13-22(14-8-18)29(27,28)25-16-15-24-23(26)17-19-9-11-21(12-10-19)20-5-3-2-4-6-20/h2-14,25H,15-17H2,1H3,(H,24,26). The van der Waals surface area contributed by atoms with Crippen molar-refractivity contribution < 1.29 is 13.2 Å². The Bertz CT molecular complexity index is 1050. The van der Waals surface area contributed by atoms with Crippen molar-refractivity contribution in [2.24, 2.45) is 0 Å². The van der Waals surface area contributed by atoms with Crippen molar-refractivity contribution in [1.29, 1.82) is 0 Å². The summed E-state index contributed by atoms with van der Waals surface area (Å²) >= 11 is 0. The van der Waals surface area contributed by atoms with Gasteiger partial charge < -0.3 is 5.32 Å². The zero-order valence-corrected chi connectivity index (χ0v) is 17.1. The van der Waals surface area contributed by atoms with Crippen molar-refractivity contribution in [3.8, 4) is 11.1 Å². The molecule has 3 rings (SSSR count). The summed E-state index contributed by atoms with van der Waals surface area (Å²) in [6, 6.07) is 24.5. The van der Waals surface area contributed by atoms with Gasteiger partial charge in [0.2, 0.25) is 15.9 Å². The molecule has 0 saturated carbocycles. The van der Waals surface area contributed by atoms with E-state index < -0.39 is 10.0 Å². The van der Waals surface area contributed by atoms with Crippen molar-refractivity contribution in [2.45, 2.75) is 18.2 Å². The number of rotatable bonds is 8. The van der Waals surface area contributed by atoms with Gasteiger partial charge in [-0.2, -0.15) is 0 Å². The second-order valence-electron chi connectivity index (χ2n) is 6.80. The number of nitrogens with one attached hydrogen (secondary N) is 2. The van der Waals surface area contributed by atoms with Crippen LogP contribution in [0, 0.1) is 6.92 Å². The van der Waals surface area contributed by atoms with E-state index in [4.69, 9.17) is 0 Å². The number of carbonyl (C=O) groups excluding carboxylic acids is 1. The van der Waals surface area contributed by atoms with Crippen LogP contribution in [0.4, 0.5) is 0 Å². The summed E-state index contributed by atoms with van der Waals surface area (Å²) in [6.07, 6.45) is 0.250. The molecule has 0 radical (unpaired) electrons. The van der Waals surface area contributed by atoms with Gasteiger partial charge in [0, 0.05) is 13.1 Å². The van der Waals surface area contributed by atoms with Gasteiger partial charge in [-0.3, -0.25) is 4.79 Å². The second kappa shape index (κ2) is 9.49. The fourth-order valence-corrected chi connectivity index (χ4v) is 3.91. The first kappa shape index (κ1) is 20.8. The molecule has 0 heterocycles. The summed E-state index contributed by atoms with van der Waals surface area (Å²) in [4.78, 5) is 12.3. The van der Waals surface area contributed by atoms with Crippen LogP contribution in [0.25, 0.3) is 11.1 Å². The molecule has 0 fully saturated rings.